The van der Waals surface area contributed by atoms with E-state index in [1.54, 1.807) is 4.68 Å². The molecule has 1 unspecified atom stereocenters. The standard InChI is InChI=1S/C18H23ClN4O/c1-21-8-10-22(11-9-21)15-6-7-17-16(12-15)18(24)23(20-17)14-4-2-13(19)3-5-14/h2-5,15,20H,6-12H2,1H3. The van der Waals surface area contributed by atoms with Gasteiger partial charge < -0.3 is 4.90 Å². The highest BCUT2D eigenvalue weighted by Crippen LogP contribution is 2.23. The third-order valence-corrected chi connectivity index (χ3v) is 5.63. The fourth-order valence-corrected chi connectivity index (χ4v) is 3.98. The van der Waals surface area contributed by atoms with Gasteiger partial charge in [-0.3, -0.25) is 14.8 Å². The first-order valence-corrected chi connectivity index (χ1v) is 9.01. The molecular formula is C18H23ClN4O. The van der Waals surface area contributed by atoms with Crippen molar-refractivity contribution in [3.63, 3.8) is 0 Å². The fourth-order valence-electron chi connectivity index (χ4n) is 3.85. The van der Waals surface area contributed by atoms with Crippen LogP contribution in [0.25, 0.3) is 5.69 Å². The summed E-state index contributed by atoms with van der Waals surface area (Å²) in [5.41, 5.74) is 2.99. The Morgan fingerprint density at radius 3 is 2.54 bits per heavy atom. The number of likely N-dealkylation sites (N-methyl/N-ethyl adjacent to an activating group) is 1. The van der Waals surface area contributed by atoms with Gasteiger partial charge in [0, 0.05) is 48.5 Å². The van der Waals surface area contributed by atoms with Crippen LogP contribution in [-0.2, 0) is 12.8 Å². The molecule has 1 fully saturated rings. The van der Waals surface area contributed by atoms with Crippen molar-refractivity contribution in [2.75, 3.05) is 33.2 Å². The van der Waals surface area contributed by atoms with Crippen molar-refractivity contribution < 1.29 is 0 Å². The van der Waals surface area contributed by atoms with Gasteiger partial charge in [0.05, 0.1) is 5.69 Å². The van der Waals surface area contributed by atoms with E-state index in [-0.39, 0.29) is 5.56 Å². The van der Waals surface area contributed by atoms with Gasteiger partial charge in [0.25, 0.3) is 5.56 Å². The van der Waals surface area contributed by atoms with Crippen LogP contribution in [0.15, 0.2) is 29.1 Å². The van der Waals surface area contributed by atoms with Crippen LogP contribution >= 0.6 is 11.6 Å². The summed E-state index contributed by atoms with van der Waals surface area (Å²) in [6, 6.07) is 7.88. The van der Waals surface area contributed by atoms with Gasteiger partial charge >= 0.3 is 0 Å². The summed E-state index contributed by atoms with van der Waals surface area (Å²) in [6.07, 6.45) is 2.93. The fraction of sp³-hybridized carbons (Fsp3) is 0.500. The number of fused-ring (bicyclic) bond motifs is 1. The molecule has 1 aliphatic heterocycles. The number of aryl methyl sites for hydroxylation is 1. The lowest BCUT2D eigenvalue weighted by atomic mass is 9.92. The lowest BCUT2D eigenvalue weighted by Gasteiger charge is -2.39. The second kappa shape index (κ2) is 6.39. The number of aromatic amines is 1. The minimum absolute atomic E-state index is 0.0890. The van der Waals surface area contributed by atoms with Gasteiger partial charge in [0.1, 0.15) is 0 Å². The molecule has 24 heavy (non-hydrogen) atoms. The Bertz CT molecular complexity index is 771. The molecule has 4 rings (SSSR count). The van der Waals surface area contributed by atoms with E-state index in [1.807, 2.05) is 24.3 Å². The SMILES string of the molecule is CN1CCN(C2CCc3[nH]n(-c4ccc(Cl)cc4)c(=O)c3C2)CC1. The number of rotatable bonds is 2. The Morgan fingerprint density at radius 2 is 1.83 bits per heavy atom. The molecule has 2 aliphatic rings. The average Bonchev–Trinajstić information content (AvgIpc) is 2.93. The summed E-state index contributed by atoms with van der Waals surface area (Å²) >= 11 is 5.95. The molecule has 0 radical (unpaired) electrons. The molecule has 128 valence electrons. The van der Waals surface area contributed by atoms with E-state index in [4.69, 9.17) is 11.6 Å². The number of aromatic nitrogens is 2. The van der Waals surface area contributed by atoms with E-state index in [0.29, 0.717) is 11.1 Å². The number of H-pyrrole nitrogens is 1. The first-order chi connectivity index (χ1) is 11.6. The predicted molar refractivity (Wildman–Crippen MR) is 96.3 cm³/mol. The monoisotopic (exact) mass is 346 g/mol. The lowest BCUT2D eigenvalue weighted by Crippen LogP contribution is -2.50. The Morgan fingerprint density at radius 1 is 1.12 bits per heavy atom. The second-order valence-electron chi connectivity index (χ2n) is 6.92. The van der Waals surface area contributed by atoms with Crippen molar-refractivity contribution in [3.05, 3.63) is 50.9 Å². The van der Waals surface area contributed by atoms with Gasteiger partial charge in [-0.15, -0.1) is 0 Å². The van der Waals surface area contributed by atoms with E-state index >= 15 is 0 Å². The quantitative estimate of drug-likeness (QED) is 0.903. The molecule has 2 aromatic rings. The smallest absolute Gasteiger partial charge is 0.274 e. The zero-order valence-corrected chi connectivity index (χ0v) is 14.7. The topological polar surface area (TPSA) is 44.3 Å². The molecule has 1 atom stereocenters. The van der Waals surface area contributed by atoms with E-state index in [2.05, 4.69) is 21.9 Å². The van der Waals surface area contributed by atoms with E-state index in [0.717, 1.165) is 62.4 Å². The summed E-state index contributed by atoms with van der Waals surface area (Å²) in [5.74, 6) is 0. The van der Waals surface area contributed by atoms with Crippen LogP contribution in [0.3, 0.4) is 0 Å². The van der Waals surface area contributed by atoms with E-state index < -0.39 is 0 Å². The maximum absolute atomic E-state index is 12.9. The average molecular weight is 347 g/mol. The maximum Gasteiger partial charge on any atom is 0.274 e. The molecule has 1 N–H and O–H groups in total. The third kappa shape index (κ3) is 2.92. The number of nitrogens with one attached hydrogen (secondary N) is 1. The van der Waals surface area contributed by atoms with Crippen LogP contribution < -0.4 is 5.56 Å². The normalized spacial score (nSPS) is 22.5. The van der Waals surface area contributed by atoms with Gasteiger partial charge in [-0.05, 0) is 50.6 Å². The Labute approximate surface area is 146 Å². The molecule has 0 bridgehead atoms. The minimum Gasteiger partial charge on any atom is -0.304 e. The number of nitrogens with zero attached hydrogens (tertiary/aromatic N) is 3. The highest BCUT2D eigenvalue weighted by atomic mass is 35.5. The van der Waals surface area contributed by atoms with Gasteiger partial charge in [0.15, 0.2) is 0 Å². The number of halogens is 1. The number of benzene rings is 1. The second-order valence-corrected chi connectivity index (χ2v) is 7.36. The Kier molecular flexibility index (Phi) is 4.24. The van der Waals surface area contributed by atoms with Crippen molar-refractivity contribution in [1.29, 1.82) is 0 Å². The number of hydrogen-bond donors (Lipinski definition) is 1. The molecule has 0 amide bonds. The minimum atomic E-state index is 0.0890. The van der Waals surface area contributed by atoms with Crippen LogP contribution in [-0.4, -0.2) is 58.8 Å². The summed E-state index contributed by atoms with van der Waals surface area (Å²) in [5, 5.41) is 3.98. The molecular weight excluding hydrogens is 324 g/mol. The molecule has 5 nitrogen and oxygen atoms in total. The highest BCUT2D eigenvalue weighted by molar-refractivity contribution is 6.30. The molecule has 1 aliphatic carbocycles. The van der Waals surface area contributed by atoms with E-state index in [9.17, 15) is 4.79 Å². The summed E-state index contributed by atoms with van der Waals surface area (Å²) < 4.78 is 1.66. The molecule has 0 spiro atoms. The maximum atomic E-state index is 12.9. The van der Waals surface area contributed by atoms with Crippen LogP contribution in [0, 0.1) is 0 Å². The van der Waals surface area contributed by atoms with Gasteiger partial charge in [-0.1, -0.05) is 11.6 Å². The molecule has 1 aromatic carbocycles. The molecule has 1 saturated heterocycles. The largest absolute Gasteiger partial charge is 0.304 e. The van der Waals surface area contributed by atoms with Gasteiger partial charge in [-0.25, -0.2) is 4.68 Å². The summed E-state index contributed by atoms with van der Waals surface area (Å²) in [4.78, 5) is 17.8. The number of hydrogen-bond acceptors (Lipinski definition) is 3. The summed E-state index contributed by atoms with van der Waals surface area (Å²) in [7, 11) is 2.17. The lowest BCUT2D eigenvalue weighted by molar-refractivity contribution is 0.103. The Hall–Kier alpha value is -1.56. The van der Waals surface area contributed by atoms with Crippen molar-refractivity contribution in [2.24, 2.45) is 0 Å². The van der Waals surface area contributed by atoms with E-state index in [1.165, 1.54) is 0 Å². The van der Waals surface area contributed by atoms with Crippen LogP contribution in [0.2, 0.25) is 5.02 Å². The zero-order valence-electron chi connectivity index (χ0n) is 14.0. The van der Waals surface area contributed by atoms with Crippen molar-refractivity contribution in [2.45, 2.75) is 25.3 Å². The first-order valence-electron chi connectivity index (χ1n) is 8.63. The van der Waals surface area contributed by atoms with Crippen LogP contribution in [0.5, 0.6) is 0 Å². The van der Waals surface area contributed by atoms with Crippen LogP contribution in [0.4, 0.5) is 0 Å². The molecule has 6 heteroatoms. The van der Waals surface area contributed by atoms with Gasteiger partial charge in [-0.2, -0.15) is 0 Å². The van der Waals surface area contributed by atoms with Crippen LogP contribution in [0.1, 0.15) is 17.7 Å². The molecule has 2 heterocycles. The molecule has 1 aromatic heterocycles. The number of piperazine rings is 1. The first kappa shape index (κ1) is 15.9. The zero-order chi connectivity index (χ0) is 16.7. The van der Waals surface area contributed by atoms with Gasteiger partial charge in [0.2, 0.25) is 0 Å². The summed E-state index contributed by atoms with van der Waals surface area (Å²) in [6.45, 7) is 4.44. The highest BCUT2D eigenvalue weighted by Gasteiger charge is 2.29. The third-order valence-electron chi connectivity index (χ3n) is 5.38. The Balaban J connectivity index is 1.58. The van der Waals surface area contributed by atoms with Crippen molar-refractivity contribution >= 4 is 11.6 Å². The van der Waals surface area contributed by atoms with Crippen molar-refractivity contribution in [1.82, 2.24) is 19.6 Å². The predicted octanol–water partition coefficient (Wildman–Crippen LogP) is 1.92. The molecule has 0 saturated carbocycles. The van der Waals surface area contributed by atoms with Crippen molar-refractivity contribution in [3.8, 4) is 5.69 Å².